The van der Waals surface area contributed by atoms with E-state index in [1.54, 1.807) is 0 Å². The van der Waals surface area contributed by atoms with Crippen molar-refractivity contribution in [3.8, 4) is 0 Å². The summed E-state index contributed by atoms with van der Waals surface area (Å²) < 4.78 is 19.0. The van der Waals surface area contributed by atoms with E-state index in [-0.39, 0.29) is 26.1 Å². The summed E-state index contributed by atoms with van der Waals surface area (Å²) >= 11 is 0. The second-order valence-electron chi connectivity index (χ2n) is 5.44. The standard InChI is InChI=1S/C15H18FNO4/c1-15(13(18)19)10-17(8-7-12(15)16)14(20)21-9-11-5-3-2-4-6-11/h2-6,12H,7-10H2,1H3,(H,18,19)/t12-,15+/m1/s1. The molecule has 1 fully saturated rings. The van der Waals surface area contributed by atoms with E-state index < -0.39 is 23.6 Å². The predicted octanol–water partition coefficient (Wildman–Crippen LogP) is 2.46. The Kier molecular flexibility index (Phi) is 4.45. The number of benzene rings is 1. The van der Waals surface area contributed by atoms with E-state index in [9.17, 15) is 14.0 Å². The van der Waals surface area contributed by atoms with E-state index in [2.05, 4.69) is 0 Å². The van der Waals surface area contributed by atoms with E-state index in [1.165, 1.54) is 11.8 Å². The highest BCUT2D eigenvalue weighted by Gasteiger charge is 2.47. The molecule has 0 bridgehead atoms. The first-order valence-electron chi connectivity index (χ1n) is 6.76. The van der Waals surface area contributed by atoms with Gasteiger partial charge in [-0.25, -0.2) is 9.18 Å². The van der Waals surface area contributed by atoms with Gasteiger partial charge >= 0.3 is 12.1 Å². The Morgan fingerprint density at radius 2 is 2.10 bits per heavy atom. The van der Waals surface area contributed by atoms with E-state index in [0.29, 0.717) is 0 Å². The molecule has 5 nitrogen and oxygen atoms in total. The quantitative estimate of drug-likeness (QED) is 0.930. The first-order chi connectivity index (χ1) is 9.93. The third kappa shape index (κ3) is 3.32. The summed E-state index contributed by atoms with van der Waals surface area (Å²) in [6.07, 6.45) is -2.07. The molecular weight excluding hydrogens is 277 g/mol. The van der Waals surface area contributed by atoms with Crippen LogP contribution in [-0.4, -0.2) is 41.3 Å². The van der Waals surface area contributed by atoms with Crippen LogP contribution in [0.5, 0.6) is 0 Å². The number of halogens is 1. The first-order valence-corrected chi connectivity index (χ1v) is 6.76. The molecule has 0 saturated carbocycles. The van der Waals surface area contributed by atoms with Crippen LogP contribution in [0.2, 0.25) is 0 Å². The van der Waals surface area contributed by atoms with Gasteiger partial charge in [0.25, 0.3) is 0 Å². The van der Waals surface area contributed by atoms with Gasteiger partial charge < -0.3 is 14.7 Å². The summed E-state index contributed by atoms with van der Waals surface area (Å²) in [4.78, 5) is 24.4. The number of aliphatic carboxylic acids is 1. The Balaban J connectivity index is 1.95. The van der Waals surface area contributed by atoms with Crippen LogP contribution >= 0.6 is 0 Å². The number of likely N-dealkylation sites (tertiary alicyclic amines) is 1. The molecular formula is C15H18FNO4. The van der Waals surface area contributed by atoms with Gasteiger partial charge in [-0.05, 0) is 18.9 Å². The average Bonchev–Trinajstić information content (AvgIpc) is 2.48. The van der Waals surface area contributed by atoms with Crippen molar-refractivity contribution >= 4 is 12.1 Å². The van der Waals surface area contributed by atoms with Gasteiger partial charge in [0.1, 0.15) is 18.2 Å². The van der Waals surface area contributed by atoms with Gasteiger partial charge in [0, 0.05) is 13.1 Å². The summed E-state index contributed by atoms with van der Waals surface area (Å²) in [5.41, 5.74) is -0.739. The van der Waals surface area contributed by atoms with Crippen molar-refractivity contribution in [1.29, 1.82) is 0 Å². The fourth-order valence-electron chi connectivity index (χ4n) is 2.33. The molecule has 2 rings (SSSR count). The SMILES string of the molecule is C[C@]1(C(=O)O)CN(C(=O)OCc2ccccc2)CC[C@H]1F. The van der Waals surface area contributed by atoms with E-state index in [0.717, 1.165) is 5.56 Å². The Morgan fingerprint density at radius 3 is 2.71 bits per heavy atom. The maximum absolute atomic E-state index is 13.8. The highest BCUT2D eigenvalue weighted by molar-refractivity contribution is 5.77. The molecule has 1 saturated heterocycles. The van der Waals surface area contributed by atoms with Crippen LogP contribution in [0.3, 0.4) is 0 Å². The Bertz CT molecular complexity index is 522. The highest BCUT2D eigenvalue weighted by atomic mass is 19.1. The highest BCUT2D eigenvalue weighted by Crippen LogP contribution is 2.33. The number of alkyl halides is 1. The van der Waals surface area contributed by atoms with Crippen molar-refractivity contribution in [1.82, 2.24) is 4.90 Å². The minimum absolute atomic E-state index is 0.00321. The second kappa shape index (κ2) is 6.11. The summed E-state index contributed by atoms with van der Waals surface area (Å²) in [5.74, 6) is -1.24. The fourth-order valence-corrected chi connectivity index (χ4v) is 2.33. The Hall–Kier alpha value is -2.11. The Labute approximate surface area is 122 Å². The molecule has 1 aliphatic heterocycles. The number of hydrogen-bond acceptors (Lipinski definition) is 3. The van der Waals surface area contributed by atoms with E-state index in [1.807, 2.05) is 30.3 Å². The molecule has 1 amide bonds. The summed E-state index contributed by atoms with van der Waals surface area (Å²) in [5, 5.41) is 9.16. The van der Waals surface area contributed by atoms with Crippen molar-refractivity contribution in [2.24, 2.45) is 5.41 Å². The van der Waals surface area contributed by atoms with Gasteiger partial charge in [-0.3, -0.25) is 4.79 Å². The van der Waals surface area contributed by atoms with Gasteiger partial charge in [0.2, 0.25) is 0 Å². The molecule has 114 valence electrons. The van der Waals surface area contributed by atoms with Crippen LogP contribution in [-0.2, 0) is 16.1 Å². The van der Waals surface area contributed by atoms with Crippen molar-refractivity contribution in [2.75, 3.05) is 13.1 Å². The minimum atomic E-state index is -1.58. The van der Waals surface area contributed by atoms with Crippen LogP contribution in [0.15, 0.2) is 30.3 Å². The number of rotatable bonds is 3. The second-order valence-corrected chi connectivity index (χ2v) is 5.44. The zero-order valence-electron chi connectivity index (χ0n) is 11.8. The molecule has 1 aromatic carbocycles. The number of nitrogens with zero attached hydrogens (tertiary/aromatic N) is 1. The van der Waals surface area contributed by atoms with Crippen molar-refractivity contribution in [2.45, 2.75) is 26.1 Å². The van der Waals surface area contributed by atoms with Crippen molar-refractivity contribution in [3.63, 3.8) is 0 Å². The minimum Gasteiger partial charge on any atom is -0.481 e. The lowest BCUT2D eigenvalue weighted by atomic mass is 9.80. The molecule has 0 unspecified atom stereocenters. The summed E-state index contributed by atoms with van der Waals surface area (Å²) in [6, 6.07) is 9.17. The lowest BCUT2D eigenvalue weighted by molar-refractivity contribution is -0.155. The smallest absolute Gasteiger partial charge is 0.410 e. The van der Waals surface area contributed by atoms with Crippen LogP contribution in [0.25, 0.3) is 0 Å². The Morgan fingerprint density at radius 1 is 1.43 bits per heavy atom. The maximum Gasteiger partial charge on any atom is 0.410 e. The summed E-state index contributed by atoms with van der Waals surface area (Å²) in [7, 11) is 0. The molecule has 1 aromatic rings. The third-order valence-electron chi connectivity index (χ3n) is 3.82. The average molecular weight is 295 g/mol. The van der Waals surface area contributed by atoms with Crippen LogP contribution in [0.1, 0.15) is 18.9 Å². The van der Waals surface area contributed by atoms with Crippen LogP contribution < -0.4 is 0 Å². The van der Waals surface area contributed by atoms with Crippen LogP contribution in [0, 0.1) is 5.41 Å². The molecule has 0 aromatic heterocycles. The molecule has 1 aliphatic rings. The first kappa shape index (κ1) is 15.3. The van der Waals surface area contributed by atoms with Gasteiger partial charge in [-0.2, -0.15) is 0 Å². The molecule has 0 aliphatic carbocycles. The zero-order valence-corrected chi connectivity index (χ0v) is 11.8. The fraction of sp³-hybridized carbons (Fsp3) is 0.467. The number of ether oxygens (including phenoxy) is 1. The van der Waals surface area contributed by atoms with E-state index >= 15 is 0 Å². The number of carbonyl (C=O) groups is 2. The van der Waals surface area contributed by atoms with Gasteiger partial charge in [-0.15, -0.1) is 0 Å². The maximum atomic E-state index is 13.8. The van der Waals surface area contributed by atoms with Crippen LogP contribution in [0.4, 0.5) is 9.18 Å². The monoisotopic (exact) mass is 295 g/mol. The molecule has 1 heterocycles. The molecule has 0 radical (unpaired) electrons. The van der Waals surface area contributed by atoms with E-state index in [4.69, 9.17) is 9.84 Å². The molecule has 1 N–H and O–H groups in total. The number of carboxylic acids is 1. The molecule has 21 heavy (non-hydrogen) atoms. The summed E-state index contributed by atoms with van der Waals surface area (Å²) in [6.45, 7) is 1.41. The van der Waals surface area contributed by atoms with Crippen molar-refractivity contribution in [3.05, 3.63) is 35.9 Å². The lowest BCUT2D eigenvalue weighted by Crippen LogP contribution is -2.54. The number of piperidine rings is 1. The lowest BCUT2D eigenvalue weighted by Gasteiger charge is -2.39. The zero-order chi connectivity index (χ0) is 15.5. The van der Waals surface area contributed by atoms with Crippen molar-refractivity contribution < 1.29 is 23.8 Å². The molecule has 0 spiro atoms. The number of carboxylic acid groups (broad SMARTS) is 1. The number of carbonyl (C=O) groups excluding carboxylic acids is 1. The number of hydrogen-bond donors (Lipinski definition) is 1. The molecule has 6 heteroatoms. The molecule has 2 atom stereocenters. The topological polar surface area (TPSA) is 66.8 Å². The van der Waals surface area contributed by atoms with Gasteiger partial charge in [-0.1, -0.05) is 30.3 Å². The normalized spacial score (nSPS) is 25.4. The van der Waals surface area contributed by atoms with Gasteiger partial charge in [0.15, 0.2) is 0 Å². The largest absolute Gasteiger partial charge is 0.481 e. The third-order valence-corrected chi connectivity index (χ3v) is 3.82. The predicted molar refractivity (Wildman–Crippen MR) is 73.5 cm³/mol. The van der Waals surface area contributed by atoms with Gasteiger partial charge in [0.05, 0.1) is 0 Å². The number of amides is 1.